The van der Waals surface area contributed by atoms with Crippen LogP contribution in [0.2, 0.25) is 5.02 Å². The number of fused-ring (bicyclic) bond motifs is 2. The highest BCUT2D eigenvalue weighted by Gasteiger charge is 2.38. The van der Waals surface area contributed by atoms with Gasteiger partial charge in [0.1, 0.15) is 5.82 Å². The van der Waals surface area contributed by atoms with Crippen LogP contribution >= 0.6 is 11.6 Å². The van der Waals surface area contributed by atoms with E-state index in [0.29, 0.717) is 22.8 Å². The van der Waals surface area contributed by atoms with Gasteiger partial charge in [-0.15, -0.1) is 0 Å². The summed E-state index contributed by atoms with van der Waals surface area (Å²) in [5.74, 6) is 0.928. The molecule has 86 valence electrons. The molecule has 3 rings (SSSR count). The first kappa shape index (κ1) is 10.2. The van der Waals surface area contributed by atoms with Crippen LogP contribution in [0.4, 0.5) is 11.5 Å². The minimum absolute atomic E-state index is 0.451. The maximum atomic E-state index is 5.88. The zero-order valence-corrected chi connectivity index (χ0v) is 9.65. The summed E-state index contributed by atoms with van der Waals surface area (Å²) in [6.07, 6.45) is 3.98. The van der Waals surface area contributed by atoms with E-state index in [4.69, 9.17) is 22.1 Å². The molecule has 2 atom stereocenters. The molecule has 2 bridgehead atoms. The molecule has 3 heterocycles. The average Bonchev–Trinajstić information content (AvgIpc) is 2.53. The van der Waals surface area contributed by atoms with Crippen molar-refractivity contribution in [2.45, 2.75) is 24.9 Å². The summed E-state index contributed by atoms with van der Waals surface area (Å²) in [6.45, 7) is 1.58. The molecule has 2 unspecified atom stereocenters. The van der Waals surface area contributed by atoms with Gasteiger partial charge in [-0.3, -0.25) is 0 Å². The number of ether oxygens (including phenoxy) is 1. The molecule has 0 radical (unpaired) electrons. The van der Waals surface area contributed by atoms with E-state index in [-0.39, 0.29) is 0 Å². The first-order valence-electron chi connectivity index (χ1n) is 5.53. The molecule has 1 aromatic heterocycles. The molecule has 2 aliphatic rings. The van der Waals surface area contributed by atoms with E-state index in [1.807, 2.05) is 6.07 Å². The largest absolute Gasteiger partial charge is 0.397 e. The molecular formula is C11H14ClN3O. The van der Waals surface area contributed by atoms with Crippen molar-refractivity contribution in [1.29, 1.82) is 0 Å². The summed E-state index contributed by atoms with van der Waals surface area (Å²) < 4.78 is 5.54. The Bertz CT molecular complexity index is 396. The predicted octanol–water partition coefficient (Wildman–Crippen LogP) is 1.68. The monoisotopic (exact) mass is 239 g/mol. The van der Waals surface area contributed by atoms with Gasteiger partial charge in [0.15, 0.2) is 0 Å². The highest BCUT2D eigenvalue weighted by molar-refractivity contribution is 6.32. The van der Waals surface area contributed by atoms with Crippen molar-refractivity contribution in [3.63, 3.8) is 0 Å². The van der Waals surface area contributed by atoms with Crippen molar-refractivity contribution < 1.29 is 4.74 Å². The van der Waals surface area contributed by atoms with E-state index in [9.17, 15) is 0 Å². The number of halogens is 1. The van der Waals surface area contributed by atoms with Gasteiger partial charge >= 0.3 is 0 Å². The van der Waals surface area contributed by atoms with Gasteiger partial charge in [0.2, 0.25) is 0 Å². The van der Waals surface area contributed by atoms with Crippen molar-refractivity contribution in [2.75, 3.05) is 23.8 Å². The van der Waals surface area contributed by atoms with Crippen LogP contribution in [0.15, 0.2) is 12.3 Å². The quantitative estimate of drug-likeness (QED) is 0.810. The molecule has 0 saturated carbocycles. The summed E-state index contributed by atoms with van der Waals surface area (Å²) in [7, 11) is 0. The molecule has 5 heteroatoms. The number of hydrogen-bond donors (Lipinski definition) is 1. The molecule has 0 spiro atoms. The predicted molar refractivity (Wildman–Crippen MR) is 63.8 cm³/mol. The first-order chi connectivity index (χ1) is 7.75. The Morgan fingerprint density at radius 2 is 2.06 bits per heavy atom. The Hall–Kier alpha value is -1.00. The molecule has 2 saturated heterocycles. The Morgan fingerprint density at radius 3 is 2.69 bits per heavy atom. The van der Waals surface area contributed by atoms with E-state index < -0.39 is 0 Å². The average molecular weight is 240 g/mol. The fourth-order valence-electron chi connectivity index (χ4n) is 2.59. The van der Waals surface area contributed by atoms with Gasteiger partial charge in [0.25, 0.3) is 0 Å². The van der Waals surface area contributed by atoms with E-state index in [2.05, 4.69) is 9.88 Å². The summed E-state index contributed by atoms with van der Waals surface area (Å²) in [4.78, 5) is 6.69. The summed E-state index contributed by atoms with van der Waals surface area (Å²) in [6, 6.07) is 2.76. The van der Waals surface area contributed by atoms with Crippen LogP contribution in [-0.4, -0.2) is 30.3 Å². The lowest BCUT2D eigenvalue weighted by Gasteiger charge is -2.35. The van der Waals surface area contributed by atoms with Gasteiger partial charge in [0, 0.05) is 12.3 Å². The fourth-order valence-corrected chi connectivity index (χ4v) is 2.69. The van der Waals surface area contributed by atoms with E-state index in [1.54, 1.807) is 6.20 Å². The van der Waals surface area contributed by atoms with Crippen molar-refractivity contribution in [1.82, 2.24) is 4.98 Å². The van der Waals surface area contributed by atoms with Gasteiger partial charge in [-0.25, -0.2) is 4.98 Å². The number of nitrogens with two attached hydrogens (primary N) is 1. The van der Waals surface area contributed by atoms with Crippen LogP contribution in [0.25, 0.3) is 0 Å². The lowest BCUT2D eigenvalue weighted by Crippen LogP contribution is -2.46. The normalized spacial score (nSPS) is 28.4. The van der Waals surface area contributed by atoms with Crippen LogP contribution in [0, 0.1) is 0 Å². The maximum Gasteiger partial charge on any atom is 0.131 e. The molecule has 1 aromatic rings. The SMILES string of the molecule is Nc1cc(N2C3CCC2COC3)ncc1Cl. The van der Waals surface area contributed by atoms with Gasteiger partial charge in [-0.05, 0) is 12.8 Å². The molecule has 0 amide bonds. The summed E-state index contributed by atoms with van der Waals surface area (Å²) in [5.41, 5.74) is 6.40. The minimum atomic E-state index is 0.451. The molecule has 0 aliphatic carbocycles. The number of nitrogen functional groups attached to an aromatic ring is 1. The molecule has 4 nitrogen and oxygen atoms in total. The zero-order chi connectivity index (χ0) is 11.1. The molecular weight excluding hydrogens is 226 g/mol. The van der Waals surface area contributed by atoms with Crippen LogP contribution in [0.3, 0.4) is 0 Å². The van der Waals surface area contributed by atoms with Crippen LogP contribution in [-0.2, 0) is 4.74 Å². The third kappa shape index (κ3) is 1.53. The van der Waals surface area contributed by atoms with Gasteiger partial charge in [-0.1, -0.05) is 11.6 Å². The van der Waals surface area contributed by atoms with E-state index in [0.717, 1.165) is 19.0 Å². The van der Waals surface area contributed by atoms with E-state index >= 15 is 0 Å². The zero-order valence-electron chi connectivity index (χ0n) is 8.90. The van der Waals surface area contributed by atoms with Gasteiger partial charge < -0.3 is 15.4 Å². The number of pyridine rings is 1. The minimum Gasteiger partial charge on any atom is -0.397 e. The standard InChI is InChI=1S/C11H14ClN3O/c12-9-4-14-11(3-10(9)13)15-7-1-2-8(15)6-16-5-7/h3-4,7-8H,1-2,5-6H2,(H2,13,14). The van der Waals surface area contributed by atoms with Gasteiger partial charge in [-0.2, -0.15) is 0 Å². The highest BCUT2D eigenvalue weighted by Crippen LogP contribution is 2.34. The second-order valence-electron chi connectivity index (χ2n) is 4.39. The third-order valence-electron chi connectivity index (χ3n) is 3.38. The Kier molecular flexibility index (Phi) is 2.41. The summed E-state index contributed by atoms with van der Waals surface area (Å²) >= 11 is 5.88. The highest BCUT2D eigenvalue weighted by atomic mass is 35.5. The third-order valence-corrected chi connectivity index (χ3v) is 3.69. The lowest BCUT2D eigenvalue weighted by atomic mass is 10.2. The summed E-state index contributed by atoms with van der Waals surface area (Å²) in [5, 5.41) is 0.518. The molecule has 16 heavy (non-hydrogen) atoms. The number of hydrogen-bond acceptors (Lipinski definition) is 4. The smallest absolute Gasteiger partial charge is 0.131 e. The van der Waals surface area contributed by atoms with Crippen LogP contribution < -0.4 is 10.6 Å². The number of rotatable bonds is 1. The van der Waals surface area contributed by atoms with Crippen molar-refractivity contribution >= 4 is 23.1 Å². The molecule has 0 aromatic carbocycles. The first-order valence-corrected chi connectivity index (χ1v) is 5.90. The van der Waals surface area contributed by atoms with Crippen molar-refractivity contribution in [3.05, 3.63) is 17.3 Å². The Labute approximate surface area is 99.3 Å². The van der Waals surface area contributed by atoms with E-state index in [1.165, 1.54) is 12.8 Å². The number of morpholine rings is 1. The van der Waals surface area contributed by atoms with Crippen molar-refractivity contribution in [3.8, 4) is 0 Å². The van der Waals surface area contributed by atoms with Crippen molar-refractivity contribution in [2.24, 2.45) is 0 Å². The second kappa shape index (κ2) is 3.79. The van der Waals surface area contributed by atoms with Gasteiger partial charge in [0.05, 0.1) is 36.0 Å². The molecule has 2 aliphatic heterocycles. The Morgan fingerprint density at radius 1 is 1.38 bits per heavy atom. The maximum absolute atomic E-state index is 5.88. The Balaban J connectivity index is 1.94. The van der Waals surface area contributed by atoms with Crippen LogP contribution in [0.5, 0.6) is 0 Å². The fraction of sp³-hybridized carbons (Fsp3) is 0.545. The number of aromatic nitrogens is 1. The lowest BCUT2D eigenvalue weighted by molar-refractivity contribution is 0.0902. The number of anilines is 2. The molecule has 2 N–H and O–H groups in total. The second-order valence-corrected chi connectivity index (χ2v) is 4.80. The topological polar surface area (TPSA) is 51.4 Å². The number of nitrogens with zero attached hydrogens (tertiary/aromatic N) is 2. The van der Waals surface area contributed by atoms with Crippen LogP contribution in [0.1, 0.15) is 12.8 Å². The molecule has 2 fully saturated rings.